The number of carbonyl (C=O) groups excluding carboxylic acids is 1. The van der Waals surface area contributed by atoms with Crippen molar-refractivity contribution in [2.75, 3.05) is 6.54 Å². The van der Waals surface area contributed by atoms with Gasteiger partial charge in [-0.05, 0) is 43.7 Å². The largest absolute Gasteiger partial charge is 0.335 e. The molecule has 0 saturated heterocycles. The first-order valence-electron chi connectivity index (χ1n) is 7.66. The lowest BCUT2D eigenvalue weighted by molar-refractivity contribution is 0.0698. The molecule has 1 aromatic rings. The predicted molar refractivity (Wildman–Crippen MR) is 74.8 cm³/mol. The molecular weight excluding hydrogens is 255 g/mol. The second-order valence-electron chi connectivity index (χ2n) is 6.06. The molecule has 0 N–H and O–H groups in total. The van der Waals surface area contributed by atoms with E-state index in [9.17, 15) is 9.18 Å². The Kier molecular flexibility index (Phi) is 3.99. The van der Waals surface area contributed by atoms with Gasteiger partial charge >= 0.3 is 0 Å². The van der Waals surface area contributed by atoms with Crippen LogP contribution in [0, 0.1) is 11.9 Å². The van der Waals surface area contributed by atoms with E-state index >= 15 is 0 Å². The van der Waals surface area contributed by atoms with Crippen molar-refractivity contribution < 1.29 is 9.18 Å². The highest BCUT2D eigenvalue weighted by molar-refractivity contribution is 5.94. The number of amides is 1. The number of carbonyl (C=O) groups is 1. The Morgan fingerprint density at radius 1 is 1.20 bits per heavy atom. The Morgan fingerprint density at radius 2 is 1.95 bits per heavy atom. The van der Waals surface area contributed by atoms with Gasteiger partial charge in [0.25, 0.3) is 5.91 Å². The summed E-state index contributed by atoms with van der Waals surface area (Å²) in [6.45, 7) is 0.862. The third-order valence-corrected chi connectivity index (χ3v) is 4.40. The van der Waals surface area contributed by atoms with Gasteiger partial charge in [-0.1, -0.05) is 19.3 Å². The molecule has 0 radical (unpaired) electrons. The summed E-state index contributed by atoms with van der Waals surface area (Å²) in [5, 5.41) is 0. The van der Waals surface area contributed by atoms with Gasteiger partial charge < -0.3 is 4.90 Å². The number of nitrogens with zero attached hydrogens (tertiary/aromatic N) is 2. The standard InChI is InChI=1S/C16H21FN2O/c17-15-9-6-13(10-18-15)16(20)19(14-7-8-14)11-12-4-2-1-3-5-12/h6,9-10,12,14H,1-5,7-8,11H2. The molecule has 0 atom stereocenters. The topological polar surface area (TPSA) is 33.2 Å². The number of hydrogen-bond donors (Lipinski definition) is 0. The normalized spacial score (nSPS) is 19.9. The van der Waals surface area contributed by atoms with Crippen LogP contribution in [-0.2, 0) is 0 Å². The molecule has 2 saturated carbocycles. The fourth-order valence-corrected chi connectivity index (χ4v) is 3.10. The van der Waals surface area contributed by atoms with E-state index in [0.717, 1.165) is 19.4 Å². The van der Waals surface area contributed by atoms with Gasteiger partial charge in [-0.25, -0.2) is 4.98 Å². The Morgan fingerprint density at radius 3 is 2.55 bits per heavy atom. The molecule has 1 amide bonds. The molecule has 1 aromatic heterocycles. The Balaban J connectivity index is 1.69. The van der Waals surface area contributed by atoms with E-state index in [-0.39, 0.29) is 5.91 Å². The fraction of sp³-hybridized carbons (Fsp3) is 0.625. The SMILES string of the molecule is O=C(c1ccc(F)nc1)N(CC1CCCCC1)C1CC1. The van der Waals surface area contributed by atoms with Gasteiger partial charge in [-0.3, -0.25) is 4.79 Å². The summed E-state index contributed by atoms with van der Waals surface area (Å²) >= 11 is 0. The molecule has 108 valence electrons. The maximum Gasteiger partial charge on any atom is 0.255 e. The Bertz CT molecular complexity index is 464. The molecule has 0 bridgehead atoms. The van der Waals surface area contributed by atoms with E-state index in [1.807, 2.05) is 4.90 Å². The maximum absolute atomic E-state index is 12.9. The van der Waals surface area contributed by atoms with Crippen molar-refractivity contribution >= 4 is 5.91 Å². The van der Waals surface area contributed by atoms with E-state index < -0.39 is 5.95 Å². The number of rotatable bonds is 4. The van der Waals surface area contributed by atoms with Gasteiger partial charge in [0, 0.05) is 18.8 Å². The van der Waals surface area contributed by atoms with E-state index in [1.54, 1.807) is 6.07 Å². The summed E-state index contributed by atoms with van der Waals surface area (Å²) in [5.41, 5.74) is 0.508. The molecular formula is C16H21FN2O. The second-order valence-corrected chi connectivity index (χ2v) is 6.06. The quantitative estimate of drug-likeness (QED) is 0.790. The zero-order valence-corrected chi connectivity index (χ0v) is 11.7. The van der Waals surface area contributed by atoms with Crippen LogP contribution in [0.15, 0.2) is 18.3 Å². The molecule has 0 spiro atoms. The van der Waals surface area contributed by atoms with Crippen LogP contribution in [0.25, 0.3) is 0 Å². The van der Waals surface area contributed by atoms with Crippen molar-refractivity contribution in [3.8, 4) is 0 Å². The van der Waals surface area contributed by atoms with Gasteiger partial charge in [0.1, 0.15) is 0 Å². The first-order chi connectivity index (χ1) is 9.74. The third-order valence-electron chi connectivity index (χ3n) is 4.40. The van der Waals surface area contributed by atoms with E-state index in [1.165, 1.54) is 44.4 Å². The number of aromatic nitrogens is 1. The van der Waals surface area contributed by atoms with Crippen molar-refractivity contribution in [3.63, 3.8) is 0 Å². The lowest BCUT2D eigenvalue weighted by atomic mass is 9.89. The van der Waals surface area contributed by atoms with Gasteiger partial charge in [0.15, 0.2) is 0 Å². The third kappa shape index (κ3) is 3.17. The molecule has 3 rings (SSSR count). The van der Waals surface area contributed by atoms with Gasteiger partial charge in [-0.15, -0.1) is 0 Å². The summed E-state index contributed by atoms with van der Waals surface area (Å²) in [6.07, 6.45) is 9.94. The van der Waals surface area contributed by atoms with Crippen molar-refractivity contribution in [1.82, 2.24) is 9.88 Å². The van der Waals surface area contributed by atoms with Gasteiger partial charge in [0.2, 0.25) is 5.95 Å². The number of halogens is 1. The second kappa shape index (κ2) is 5.90. The monoisotopic (exact) mass is 276 g/mol. The Labute approximate surface area is 119 Å². The van der Waals surface area contributed by atoms with Crippen molar-refractivity contribution in [2.24, 2.45) is 5.92 Å². The van der Waals surface area contributed by atoms with Gasteiger partial charge in [-0.2, -0.15) is 4.39 Å². The summed E-state index contributed by atoms with van der Waals surface area (Å²) in [6, 6.07) is 3.20. The highest BCUT2D eigenvalue weighted by Gasteiger charge is 2.34. The van der Waals surface area contributed by atoms with Crippen molar-refractivity contribution in [1.29, 1.82) is 0 Å². The van der Waals surface area contributed by atoms with E-state index in [4.69, 9.17) is 0 Å². The molecule has 20 heavy (non-hydrogen) atoms. The highest BCUT2D eigenvalue weighted by atomic mass is 19.1. The number of hydrogen-bond acceptors (Lipinski definition) is 2. The molecule has 0 aliphatic heterocycles. The Hall–Kier alpha value is -1.45. The minimum atomic E-state index is -0.535. The molecule has 0 aromatic carbocycles. The van der Waals surface area contributed by atoms with Crippen molar-refractivity contribution in [3.05, 3.63) is 29.8 Å². The molecule has 3 nitrogen and oxygen atoms in total. The highest BCUT2D eigenvalue weighted by Crippen LogP contribution is 2.32. The minimum Gasteiger partial charge on any atom is -0.335 e. The summed E-state index contributed by atoms with van der Waals surface area (Å²) in [7, 11) is 0. The van der Waals surface area contributed by atoms with Crippen LogP contribution >= 0.6 is 0 Å². The molecule has 0 unspecified atom stereocenters. The maximum atomic E-state index is 12.9. The molecule has 1 heterocycles. The van der Waals surface area contributed by atoms with E-state index in [0.29, 0.717) is 17.5 Å². The molecule has 2 aliphatic rings. The zero-order valence-electron chi connectivity index (χ0n) is 11.7. The van der Waals surface area contributed by atoms with Crippen molar-refractivity contribution in [2.45, 2.75) is 51.0 Å². The molecule has 2 aliphatic carbocycles. The first-order valence-corrected chi connectivity index (χ1v) is 7.66. The lowest BCUT2D eigenvalue weighted by Crippen LogP contribution is -2.37. The van der Waals surface area contributed by atoms with E-state index in [2.05, 4.69) is 4.98 Å². The summed E-state index contributed by atoms with van der Waals surface area (Å²) in [5.74, 6) is 0.124. The minimum absolute atomic E-state index is 0.0190. The predicted octanol–water partition coefficient (Wildman–Crippen LogP) is 3.41. The van der Waals surface area contributed by atoms with Crippen LogP contribution in [0.5, 0.6) is 0 Å². The fourth-order valence-electron chi connectivity index (χ4n) is 3.10. The molecule has 2 fully saturated rings. The van der Waals surface area contributed by atoms with Crippen LogP contribution in [-0.4, -0.2) is 28.4 Å². The summed E-state index contributed by atoms with van der Waals surface area (Å²) in [4.78, 5) is 18.2. The first kappa shape index (κ1) is 13.5. The molecule has 4 heteroatoms. The number of pyridine rings is 1. The average Bonchev–Trinajstić information content (AvgIpc) is 3.30. The van der Waals surface area contributed by atoms with Crippen LogP contribution in [0.3, 0.4) is 0 Å². The average molecular weight is 276 g/mol. The summed E-state index contributed by atoms with van der Waals surface area (Å²) < 4.78 is 12.9. The van der Waals surface area contributed by atoms with Gasteiger partial charge in [0.05, 0.1) is 5.56 Å². The van der Waals surface area contributed by atoms with Crippen LogP contribution in [0.2, 0.25) is 0 Å². The van der Waals surface area contributed by atoms with Crippen LogP contribution in [0.4, 0.5) is 4.39 Å². The zero-order chi connectivity index (χ0) is 13.9. The van der Waals surface area contributed by atoms with Crippen LogP contribution < -0.4 is 0 Å². The smallest absolute Gasteiger partial charge is 0.255 e. The van der Waals surface area contributed by atoms with Crippen LogP contribution in [0.1, 0.15) is 55.3 Å². The lowest BCUT2D eigenvalue weighted by Gasteiger charge is -2.30.